The van der Waals surface area contributed by atoms with Crippen LogP contribution in [0.2, 0.25) is 0 Å². The molecule has 0 aliphatic rings. The van der Waals surface area contributed by atoms with Gasteiger partial charge >= 0.3 is 6.09 Å². The van der Waals surface area contributed by atoms with E-state index in [1.807, 2.05) is 12.1 Å². The number of aromatic nitrogens is 1. The molecular weight excluding hydrogens is 268 g/mol. The quantitative estimate of drug-likeness (QED) is 0.838. The van der Waals surface area contributed by atoms with Gasteiger partial charge in [0.05, 0.1) is 14.7 Å². The minimum Gasteiger partial charge on any atom is -0.465 e. The molecule has 0 radical (unpaired) electrons. The molecule has 0 aromatic carbocycles. The second kappa shape index (κ2) is 3.55. The number of anilines is 1. The van der Waals surface area contributed by atoms with Crippen molar-refractivity contribution in [1.29, 1.82) is 0 Å². The van der Waals surface area contributed by atoms with Gasteiger partial charge in [-0.15, -0.1) is 11.3 Å². The molecular formula is C8H5BrN2O2S. The highest BCUT2D eigenvalue weighted by Gasteiger charge is 2.11. The summed E-state index contributed by atoms with van der Waals surface area (Å²) >= 11 is 4.65. The predicted molar refractivity (Wildman–Crippen MR) is 59.0 cm³/mol. The molecule has 0 saturated heterocycles. The van der Waals surface area contributed by atoms with E-state index in [4.69, 9.17) is 5.11 Å². The summed E-state index contributed by atoms with van der Waals surface area (Å²) in [5.74, 6) is 0. The molecule has 0 unspecified atom stereocenters. The van der Waals surface area contributed by atoms with E-state index in [0.29, 0.717) is 9.47 Å². The maximum atomic E-state index is 10.5. The molecule has 0 aliphatic heterocycles. The number of fused-ring (bicyclic) bond motifs is 1. The minimum absolute atomic E-state index is 0.561. The van der Waals surface area contributed by atoms with E-state index in [-0.39, 0.29) is 0 Å². The molecule has 72 valence electrons. The standard InChI is InChI=1S/C8H5BrN2O2S/c9-5-6-4(2-1-3-10-6)14-7(5)11-8(12)13/h1-3,11H,(H,12,13). The van der Waals surface area contributed by atoms with Crippen LogP contribution in [0.3, 0.4) is 0 Å². The van der Waals surface area contributed by atoms with E-state index in [1.54, 1.807) is 6.20 Å². The highest BCUT2D eigenvalue weighted by Crippen LogP contribution is 2.38. The third-order valence-electron chi connectivity index (χ3n) is 1.61. The van der Waals surface area contributed by atoms with Gasteiger partial charge in [0.15, 0.2) is 0 Å². The van der Waals surface area contributed by atoms with Gasteiger partial charge in [0, 0.05) is 6.20 Å². The van der Waals surface area contributed by atoms with Gasteiger partial charge < -0.3 is 5.11 Å². The third-order valence-corrected chi connectivity index (χ3v) is 3.70. The normalized spacial score (nSPS) is 10.4. The van der Waals surface area contributed by atoms with E-state index in [1.165, 1.54) is 11.3 Å². The van der Waals surface area contributed by atoms with E-state index >= 15 is 0 Å². The van der Waals surface area contributed by atoms with Gasteiger partial charge in [-0.2, -0.15) is 0 Å². The third kappa shape index (κ3) is 1.58. The second-order valence-corrected chi connectivity index (χ2v) is 4.37. The fraction of sp³-hybridized carbons (Fsp3) is 0. The Morgan fingerprint density at radius 2 is 2.43 bits per heavy atom. The number of hydrogen-bond acceptors (Lipinski definition) is 3. The summed E-state index contributed by atoms with van der Waals surface area (Å²) in [6.07, 6.45) is 0.599. The summed E-state index contributed by atoms with van der Waals surface area (Å²) < 4.78 is 1.64. The highest BCUT2D eigenvalue weighted by atomic mass is 79.9. The largest absolute Gasteiger partial charge is 0.465 e. The van der Waals surface area contributed by atoms with E-state index < -0.39 is 6.09 Å². The number of rotatable bonds is 1. The van der Waals surface area contributed by atoms with Crippen LogP contribution < -0.4 is 5.32 Å². The number of amides is 1. The lowest BCUT2D eigenvalue weighted by atomic mass is 10.4. The fourth-order valence-corrected chi connectivity index (χ4v) is 2.81. The summed E-state index contributed by atoms with van der Waals surface area (Å²) in [5.41, 5.74) is 0.779. The lowest BCUT2D eigenvalue weighted by Gasteiger charge is -1.94. The molecule has 0 spiro atoms. The highest BCUT2D eigenvalue weighted by molar-refractivity contribution is 9.10. The van der Waals surface area contributed by atoms with Crippen molar-refractivity contribution >= 4 is 48.6 Å². The first-order valence-electron chi connectivity index (χ1n) is 3.71. The lowest BCUT2D eigenvalue weighted by Crippen LogP contribution is -2.05. The molecule has 1 amide bonds. The summed E-state index contributed by atoms with van der Waals surface area (Å²) in [6.45, 7) is 0. The topological polar surface area (TPSA) is 62.2 Å². The zero-order chi connectivity index (χ0) is 10.1. The van der Waals surface area contributed by atoms with Gasteiger partial charge in [0.1, 0.15) is 5.00 Å². The fourth-order valence-electron chi connectivity index (χ4n) is 1.08. The van der Waals surface area contributed by atoms with Gasteiger partial charge in [0.2, 0.25) is 0 Å². The van der Waals surface area contributed by atoms with Gasteiger partial charge in [-0.3, -0.25) is 10.3 Å². The Morgan fingerprint density at radius 3 is 3.07 bits per heavy atom. The number of hydrogen-bond donors (Lipinski definition) is 2. The van der Waals surface area contributed by atoms with Crippen LogP contribution in [0.25, 0.3) is 10.2 Å². The summed E-state index contributed by atoms with van der Waals surface area (Å²) in [7, 11) is 0. The van der Waals surface area contributed by atoms with Crippen molar-refractivity contribution in [3.63, 3.8) is 0 Å². The van der Waals surface area contributed by atoms with Crippen LogP contribution in [0.4, 0.5) is 9.80 Å². The number of nitrogens with zero attached hydrogens (tertiary/aromatic N) is 1. The van der Waals surface area contributed by atoms with Crippen molar-refractivity contribution < 1.29 is 9.90 Å². The Morgan fingerprint density at radius 1 is 1.64 bits per heavy atom. The van der Waals surface area contributed by atoms with Crippen LogP contribution in [0, 0.1) is 0 Å². The number of carbonyl (C=O) groups is 1. The van der Waals surface area contributed by atoms with Crippen molar-refractivity contribution in [2.24, 2.45) is 0 Å². The number of nitrogens with one attached hydrogen (secondary N) is 1. The zero-order valence-corrected chi connectivity index (χ0v) is 9.22. The zero-order valence-electron chi connectivity index (χ0n) is 6.82. The molecule has 4 nitrogen and oxygen atoms in total. The molecule has 14 heavy (non-hydrogen) atoms. The van der Waals surface area contributed by atoms with Crippen molar-refractivity contribution in [2.45, 2.75) is 0 Å². The average Bonchev–Trinajstić information content (AvgIpc) is 2.44. The molecule has 6 heteroatoms. The molecule has 0 saturated carbocycles. The van der Waals surface area contributed by atoms with Gasteiger partial charge in [-0.1, -0.05) is 0 Å². The molecule has 0 fully saturated rings. The van der Waals surface area contributed by atoms with Crippen molar-refractivity contribution in [3.05, 3.63) is 22.8 Å². The van der Waals surface area contributed by atoms with Crippen LogP contribution in [0.5, 0.6) is 0 Å². The molecule has 2 aromatic heterocycles. The van der Waals surface area contributed by atoms with Crippen molar-refractivity contribution in [3.8, 4) is 0 Å². The van der Waals surface area contributed by atoms with Crippen LogP contribution in [-0.2, 0) is 0 Å². The molecule has 2 N–H and O–H groups in total. The van der Waals surface area contributed by atoms with Gasteiger partial charge in [0.25, 0.3) is 0 Å². The Bertz CT molecular complexity index is 497. The molecule has 2 rings (SSSR count). The van der Waals surface area contributed by atoms with Crippen LogP contribution >= 0.6 is 27.3 Å². The molecule has 2 heterocycles. The molecule has 0 aliphatic carbocycles. The SMILES string of the molecule is O=C(O)Nc1sc2cccnc2c1Br. The Hall–Kier alpha value is -1.14. The monoisotopic (exact) mass is 272 g/mol. The lowest BCUT2D eigenvalue weighted by molar-refractivity contribution is 0.210. The summed E-state index contributed by atoms with van der Waals surface area (Å²) in [4.78, 5) is 14.6. The van der Waals surface area contributed by atoms with Crippen LogP contribution in [-0.4, -0.2) is 16.2 Å². The second-order valence-electron chi connectivity index (χ2n) is 2.53. The van der Waals surface area contributed by atoms with Crippen molar-refractivity contribution in [1.82, 2.24) is 4.98 Å². The molecule has 2 aromatic rings. The van der Waals surface area contributed by atoms with E-state index in [9.17, 15) is 4.79 Å². The maximum absolute atomic E-state index is 10.5. The smallest absolute Gasteiger partial charge is 0.409 e. The van der Waals surface area contributed by atoms with Crippen LogP contribution in [0.1, 0.15) is 0 Å². The average molecular weight is 273 g/mol. The first kappa shape index (κ1) is 9.42. The summed E-state index contributed by atoms with van der Waals surface area (Å²) in [6, 6.07) is 3.71. The Kier molecular flexibility index (Phi) is 2.39. The summed E-state index contributed by atoms with van der Waals surface area (Å²) in [5, 5.41) is 11.4. The maximum Gasteiger partial charge on any atom is 0.409 e. The van der Waals surface area contributed by atoms with Crippen molar-refractivity contribution in [2.75, 3.05) is 5.32 Å². The van der Waals surface area contributed by atoms with E-state index in [0.717, 1.165) is 10.2 Å². The first-order chi connectivity index (χ1) is 6.68. The first-order valence-corrected chi connectivity index (χ1v) is 5.32. The van der Waals surface area contributed by atoms with E-state index in [2.05, 4.69) is 26.2 Å². The van der Waals surface area contributed by atoms with Crippen LogP contribution in [0.15, 0.2) is 22.8 Å². The number of thiophene rings is 1. The Balaban J connectivity index is 2.57. The van der Waals surface area contributed by atoms with Gasteiger partial charge in [-0.25, -0.2) is 4.79 Å². The number of halogens is 1. The minimum atomic E-state index is -1.07. The number of carboxylic acid groups (broad SMARTS) is 1. The molecule has 0 atom stereocenters. The van der Waals surface area contributed by atoms with Gasteiger partial charge in [-0.05, 0) is 28.1 Å². The molecule has 0 bridgehead atoms. The number of pyridine rings is 1. The predicted octanol–water partition coefficient (Wildman–Crippen LogP) is 3.15. The Labute approximate surface area is 91.7 Å².